The number of nitrogens with one attached hydrogen (secondary N) is 1. The molecule has 1 aliphatic heterocycles. The van der Waals surface area contributed by atoms with Gasteiger partial charge in [0.2, 0.25) is 0 Å². The van der Waals surface area contributed by atoms with E-state index in [0.29, 0.717) is 12.1 Å². The molecular weight excluding hydrogens is 305 g/mol. The molecule has 3 rings (SSSR count). The molecule has 1 saturated heterocycles. The predicted octanol–water partition coefficient (Wildman–Crippen LogP) is 3.66. The van der Waals surface area contributed by atoms with Crippen molar-refractivity contribution in [3.63, 3.8) is 0 Å². The van der Waals surface area contributed by atoms with E-state index in [4.69, 9.17) is 4.42 Å². The summed E-state index contributed by atoms with van der Waals surface area (Å²) in [4.78, 5) is 2.06. The second kappa shape index (κ2) is 6.76. The highest BCUT2D eigenvalue weighted by molar-refractivity contribution is 5.29. The first kappa shape index (κ1) is 16.1. The predicted molar refractivity (Wildman–Crippen MR) is 80.7 cm³/mol. The normalized spacial score (nSPS) is 18.7. The molecule has 6 heteroatoms. The minimum Gasteiger partial charge on any atom is -0.468 e. The Labute approximate surface area is 133 Å². The molecule has 0 aliphatic carbocycles. The van der Waals surface area contributed by atoms with Crippen LogP contribution in [0.2, 0.25) is 0 Å². The Balaban J connectivity index is 1.83. The van der Waals surface area contributed by atoms with Gasteiger partial charge in [-0.05, 0) is 36.7 Å². The van der Waals surface area contributed by atoms with Crippen LogP contribution in [0.3, 0.4) is 0 Å². The fourth-order valence-corrected chi connectivity index (χ4v) is 3.02. The molecule has 1 fully saturated rings. The highest BCUT2D eigenvalue weighted by Gasteiger charge is 2.34. The van der Waals surface area contributed by atoms with Crippen molar-refractivity contribution in [2.45, 2.75) is 31.7 Å². The number of furan rings is 1. The van der Waals surface area contributed by atoms with E-state index in [-0.39, 0.29) is 12.6 Å². The number of benzene rings is 1. The Morgan fingerprint density at radius 2 is 1.96 bits per heavy atom. The summed E-state index contributed by atoms with van der Waals surface area (Å²) in [7, 11) is 0. The van der Waals surface area contributed by atoms with Crippen molar-refractivity contribution >= 4 is 0 Å². The Morgan fingerprint density at radius 3 is 2.61 bits per heavy atom. The molecule has 3 nitrogen and oxygen atoms in total. The highest BCUT2D eigenvalue weighted by atomic mass is 19.4. The van der Waals surface area contributed by atoms with Gasteiger partial charge in [-0.3, -0.25) is 4.90 Å². The molecule has 1 aliphatic rings. The molecule has 1 aromatic heterocycles. The van der Waals surface area contributed by atoms with Crippen LogP contribution in [-0.2, 0) is 19.3 Å². The average molecular weight is 324 g/mol. The van der Waals surface area contributed by atoms with Gasteiger partial charge in [0.25, 0.3) is 0 Å². The Bertz CT molecular complexity index is 619. The summed E-state index contributed by atoms with van der Waals surface area (Å²) in [5.41, 5.74) is -0.256. The minimum absolute atomic E-state index is 0.210. The zero-order chi connectivity index (χ0) is 16.3. The number of rotatable bonds is 5. The molecule has 1 unspecified atom stereocenters. The maximum atomic E-state index is 13.2. The summed E-state index contributed by atoms with van der Waals surface area (Å²) in [5, 5.41) is 3.27. The van der Waals surface area contributed by atoms with Crippen LogP contribution in [0.1, 0.15) is 23.3 Å². The van der Waals surface area contributed by atoms with E-state index in [1.807, 2.05) is 6.07 Å². The van der Waals surface area contributed by atoms with Crippen molar-refractivity contribution in [1.82, 2.24) is 10.2 Å². The van der Waals surface area contributed by atoms with Crippen molar-refractivity contribution < 1.29 is 17.6 Å². The van der Waals surface area contributed by atoms with Crippen molar-refractivity contribution in [1.29, 1.82) is 0 Å². The molecule has 0 spiro atoms. The van der Waals surface area contributed by atoms with Crippen molar-refractivity contribution in [2.24, 2.45) is 0 Å². The summed E-state index contributed by atoms with van der Waals surface area (Å²) < 4.78 is 45.0. The number of nitrogens with zero attached hydrogens (tertiary/aromatic N) is 1. The van der Waals surface area contributed by atoms with Gasteiger partial charge in [0.05, 0.1) is 18.4 Å². The molecule has 1 aromatic carbocycles. The molecule has 0 bridgehead atoms. The van der Waals surface area contributed by atoms with E-state index in [1.54, 1.807) is 24.5 Å². The van der Waals surface area contributed by atoms with Gasteiger partial charge in [0, 0.05) is 19.1 Å². The van der Waals surface area contributed by atoms with Crippen LogP contribution in [0.5, 0.6) is 0 Å². The summed E-state index contributed by atoms with van der Waals surface area (Å²) in [5.74, 6) is 0.765. The van der Waals surface area contributed by atoms with Crippen LogP contribution < -0.4 is 5.32 Å². The monoisotopic (exact) mass is 324 g/mol. The first-order valence-electron chi connectivity index (χ1n) is 7.66. The summed E-state index contributed by atoms with van der Waals surface area (Å²) in [6.07, 6.45) is -1.82. The van der Waals surface area contributed by atoms with E-state index in [0.717, 1.165) is 31.3 Å². The first-order chi connectivity index (χ1) is 11.0. The Morgan fingerprint density at radius 1 is 1.13 bits per heavy atom. The lowest BCUT2D eigenvalue weighted by molar-refractivity contribution is -0.138. The third-order valence-electron chi connectivity index (χ3n) is 4.19. The molecule has 2 aromatic rings. The Kier molecular flexibility index (Phi) is 4.73. The molecule has 1 atom stereocenters. The molecule has 23 heavy (non-hydrogen) atoms. The van der Waals surface area contributed by atoms with Gasteiger partial charge >= 0.3 is 6.18 Å². The van der Waals surface area contributed by atoms with Crippen LogP contribution in [0.4, 0.5) is 13.2 Å². The molecule has 0 saturated carbocycles. The molecule has 124 valence electrons. The molecule has 0 radical (unpaired) electrons. The third-order valence-corrected chi connectivity index (χ3v) is 4.19. The fourth-order valence-electron chi connectivity index (χ4n) is 3.02. The maximum Gasteiger partial charge on any atom is 0.416 e. The van der Waals surface area contributed by atoms with Crippen molar-refractivity contribution in [3.8, 4) is 0 Å². The SMILES string of the molecule is FC(F)(F)c1ccccc1CN(Cc1ccco1)C1CCNC1. The molecule has 1 N–H and O–H groups in total. The van der Waals surface area contributed by atoms with Gasteiger partial charge in [-0.25, -0.2) is 0 Å². The lowest BCUT2D eigenvalue weighted by Gasteiger charge is -2.28. The topological polar surface area (TPSA) is 28.4 Å². The zero-order valence-corrected chi connectivity index (χ0v) is 12.6. The number of hydrogen-bond acceptors (Lipinski definition) is 3. The van der Waals surface area contributed by atoms with Crippen molar-refractivity contribution in [2.75, 3.05) is 13.1 Å². The van der Waals surface area contributed by atoms with Crippen LogP contribution in [-0.4, -0.2) is 24.0 Å². The summed E-state index contributed by atoms with van der Waals surface area (Å²) >= 11 is 0. The van der Waals surface area contributed by atoms with Gasteiger partial charge in [0.1, 0.15) is 5.76 Å². The lowest BCUT2D eigenvalue weighted by Crippen LogP contribution is -2.36. The van der Waals surface area contributed by atoms with E-state index in [1.165, 1.54) is 6.07 Å². The van der Waals surface area contributed by atoms with Gasteiger partial charge < -0.3 is 9.73 Å². The second-order valence-corrected chi connectivity index (χ2v) is 5.79. The first-order valence-corrected chi connectivity index (χ1v) is 7.66. The zero-order valence-electron chi connectivity index (χ0n) is 12.6. The van der Waals surface area contributed by atoms with Crippen LogP contribution >= 0.6 is 0 Å². The summed E-state index contributed by atoms with van der Waals surface area (Å²) in [6.45, 7) is 2.43. The van der Waals surface area contributed by atoms with E-state index < -0.39 is 11.7 Å². The number of alkyl halides is 3. The molecular formula is C17H19F3N2O. The van der Waals surface area contributed by atoms with Crippen LogP contribution in [0.25, 0.3) is 0 Å². The van der Waals surface area contributed by atoms with E-state index in [9.17, 15) is 13.2 Å². The van der Waals surface area contributed by atoms with Crippen molar-refractivity contribution in [3.05, 3.63) is 59.5 Å². The van der Waals surface area contributed by atoms with Gasteiger partial charge in [-0.15, -0.1) is 0 Å². The molecule has 0 amide bonds. The van der Waals surface area contributed by atoms with Crippen LogP contribution in [0, 0.1) is 0 Å². The lowest BCUT2D eigenvalue weighted by atomic mass is 10.1. The van der Waals surface area contributed by atoms with E-state index in [2.05, 4.69) is 10.2 Å². The highest BCUT2D eigenvalue weighted by Crippen LogP contribution is 2.33. The molecule has 2 heterocycles. The largest absolute Gasteiger partial charge is 0.468 e. The van der Waals surface area contributed by atoms with Crippen LogP contribution in [0.15, 0.2) is 47.1 Å². The summed E-state index contributed by atoms with van der Waals surface area (Å²) in [6, 6.07) is 9.65. The number of halogens is 3. The van der Waals surface area contributed by atoms with E-state index >= 15 is 0 Å². The third kappa shape index (κ3) is 3.95. The van der Waals surface area contributed by atoms with Gasteiger partial charge in [0.15, 0.2) is 0 Å². The standard InChI is InChI=1S/C17H19F3N2O/c18-17(19,20)16-6-2-1-4-13(16)11-22(14-7-8-21-10-14)12-15-5-3-9-23-15/h1-6,9,14,21H,7-8,10-12H2. The average Bonchev–Trinajstić information content (AvgIpc) is 3.19. The number of hydrogen-bond donors (Lipinski definition) is 1. The maximum absolute atomic E-state index is 13.2. The fraction of sp³-hybridized carbons (Fsp3) is 0.412. The van der Waals surface area contributed by atoms with Gasteiger partial charge in [-0.1, -0.05) is 18.2 Å². The Hall–Kier alpha value is -1.79. The van der Waals surface area contributed by atoms with Gasteiger partial charge in [-0.2, -0.15) is 13.2 Å². The quantitative estimate of drug-likeness (QED) is 0.910. The minimum atomic E-state index is -4.33. The smallest absolute Gasteiger partial charge is 0.416 e. The second-order valence-electron chi connectivity index (χ2n) is 5.79.